The number of benzene rings is 1. The van der Waals surface area contributed by atoms with E-state index in [1.807, 2.05) is 0 Å². The summed E-state index contributed by atoms with van der Waals surface area (Å²) in [6.45, 7) is 2.43. The molecule has 0 spiro atoms. The lowest BCUT2D eigenvalue weighted by Crippen LogP contribution is -2.32. The molecule has 7 nitrogen and oxygen atoms in total. The van der Waals surface area contributed by atoms with E-state index in [2.05, 4.69) is 10.6 Å². The molecule has 1 aliphatic heterocycles. The third-order valence-electron chi connectivity index (χ3n) is 4.43. The Morgan fingerprint density at radius 1 is 1.19 bits per heavy atom. The molecule has 9 heteroatoms. The average Bonchev–Trinajstić information content (AvgIpc) is 2.95. The lowest BCUT2D eigenvalue weighted by Gasteiger charge is -2.21. The largest absolute Gasteiger partial charge is 0.495 e. The predicted molar refractivity (Wildman–Crippen MR) is 111 cm³/mol. The van der Waals surface area contributed by atoms with Gasteiger partial charge in [-0.3, -0.25) is 0 Å². The monoisotopic (exact) mass is 415 g/mol. The zero-order chi connectivity index (χ0) is 19.7. The Balaban J connectivity index is 2.14. The van der Waals surface area contributed by atoms with Crippen LogP contribution in [-0.2, 0) is 14.8 Å². The van der Waals surface area contributed by atoms with Crippen molar-refractivity contribution in [1.82, 2.24) is 9.62 Å². The summed E-state index contributed by atoms with van der Waals surface area (Å²) in [5.41, 5.74) is 0.526. The van der Waals surface area contributed by atoms with Crippen LogP contribution in [0.2, 0.25) is 0 Å². The molecule has 27 heavy (non-hydrogen) atoms. The standard InChI is InChI=1S/C18H29N3O4S2/c1-24-13-7-10-19-18(26)20-16-14-15(8-9-17(16)25-2)27(22,23)21-11-5-3-4-6-12-21/h8-9,14H,3-7,10-13H2,1-2H3,(H2,19,20,26). The first-order valence-electron chi connectivity index (χ1n) is 9.21. The van der Waals surface area contributed by atoms with Crippen molar-refractivity contribution < 1.29 is 17.9 Å². The first kappa shape index (κ1) is 21.9. The van der Waals surface area contributed by atoms with Gasteiger partial charge in [-0.25, -0.2) is 8.42 Å². The molecule has 1 saturated heterocycles. The van der Waals surface area contributed by atoms with Gasteiger partial charge in [0.2, 0.25) is 10.0 Å². The average molecular weight is 416 g/mol. The fourth-order valence-electron chi connectivity index (χ4n) is 2.96. The number of sulfonamides is 1. The zero-order valence-corrected chi connectivity index (χ0v) is 17.6. The lowest BCUT2D eigenvalue weighted by molar-refractivity contribution is 0.196. The molecule has 1 fully saturated rings. The van der Waals surface area contributed by atoms with Crippen LogP contribution in [0.1, 0.15) is 32.1 Å². The van der Waals surface area contributed by atoms with Crippen LogP contribution >= 0.6 is 12.2 Å². The number of anilines is 1. The first-order chi connectivity index (χ1) is 13.0. The van der Waals surface area contributed by atoms with E-state index in [0.29, 0.717) is 42.8 Å². The molecule has 0 aliphatic carbocycles. The van der Waals surface area contributed by atoms with Crippen molar-refractivity contribution in [2.45, 2.75) is 37.0 Å². The van der Waals surface area contributed by atoms with Crippen molar-refractivity contribution in [1.29, 1.82) is 0 Å². The second-order valence-electron chi connectivity index (χ2n) is 6.41. The van der Waals surface area contributed by atoms with Gasteiger partial charge in [-0.1, -0.05) is 12.8 Å². The summed E-state index contributed by atoms with van der Waals surface area (Å²) in [6.07, 6.45) is 4.76. The van der Waals surface area contributed by atoms with E-state index in [1.165, 1.54) is 0 Å². The maximum Gasteiger partial charge on any atom is 0.243 e. The number of thiocarbonyl (C=S) groups is 1. The van der Waals surface area contributed by atoms with E-state index in [9.17, 15) is 8.42 Å². The van der Waals surface area contributed by atoms with E-state index in [1.54, 1.807) is 36.7 Å². The van der Waals surface area contributed by atoms with Crippen LogP contribution in [-0.4, -0.2) is 58.3 Å². The second kappa shape index (κ2) is 10.8. The first-order valence-corrected chi connectivity index (χ1v) is 11.1. The van der Waals surface area contributed by atoms with Crippen molar-refractivity contribution in [3.05, 3.63) is 18.2 Å². The molecular weight excluding hydrogens is 386 g/mol. The van der Waals surface area contributed by atoms with Crippen molar-refractivity contribution in [2.75, 3.05) is 45.8 Å². The second-order valence-corrected chi connectivity index (χ2v) is 8.75. The van der Waals surface area contributed by atoms with Gasteiger partial charge >= 0.3 is 0 Å². The van der Waals surface area contributed by atoms with Crippen LogP contribution in [0.3, 0.4) is 0 Å². The van der Waals surface area contributed by atoms with E-state index in [4.69, 9.17) is 21.7 Å². The number of hydrogen-bond donors (Lipinski definition) is 2. The molecule has 1 heterocycles. The van der Waals surface area contributed by atoms with Crippen molar-refractivity contribution in [3.63, 3.8) is 0 Å². The highest BCUT2D eigenvalue weighted by Crippen LogP contribution is 2.29. The highest BCUT2D eigenvalue weighted by Gasteiger charge is 2.26. The third kappa shape index (κ3) is 6.31. The normalized spacial score (nSPS) is 15.8. The van der Waals surface area contributed by atoms with Gasteiger partial charge in [-0.15, -0.1) is 0 Å². The molecule has 1 aliphatic rings. The lowest BCUT2D eigenvalue weighted by atomic mass is 10.2. The summed E-state index contributed by atoms with van der Waals surface area (Å²) in [5.74, 6) is 0.533. The number of methoxy groups -OCH3 is 2. The molecule has 0 aromatic heterocycles. The number of rotatable bonds is 8. The summed E-state index contributed by atoms with van der Waals surface area (Å²) >= 11 is 5.29. The molecule has 2 rings (SSSR count). The number of hydrogen-bond acceptors (Lipinski definition) is 5. The molecular formula is C18H29N3O4S2. The third-order valence-corrected chi connectivity index (χ3v) is 6.57. The van der Waals surface area contributed by atoms with Gasteiger partial charge in [-0.2, -0.15) is 4.31 Å². The number of ether oxygens (including phenoxy) is 2. The SMILES string of the molecule is COCCCNC(=S)Nc1cc(S(=O)(=O)N2CCCCCC2)ccc1OC. The molecule has 0 bridgehead atoms. The molecule has 0 amide bonds. The minimum atomic E-state index is -3.54. The van der Waals surface area contributed by atoms with Crippen molar-refractivity contribution in [3.8, 4) is 5.75 Å². The van der Waals surface area contributed by atoms with Gasteiger partial charge in [0, 0.05) is 33.4 Å². The Bertz CT molecular complexity index is 717. The van der Waals surface area contributed by atoms with Gasteiger partial charge in [0.25, 0.3) is 0 Å². The molecule has 2 N–H and O–H groups in total. The fraction of sp³-hybridized carbons (Fsp3) is 0.611. The van der Waals surface area contributed by atoms with Gasteiger partial charge < -0.3 is 20.1 Å². The Morgan fingerprint density at radius 3 is 2.52 bits per heavy atom. The molecule has 152 valence electrons. The number of nitrogens with one attached hydrogen (secondary N) is 2. The summed E-state index contributed by atoms with van der Waals surface area (Å²) in [5, 5.41) is 6.52. The summed E-state index contributed by atoms with van der Waals surface area (Å²) in [6, 6.07) is 4.82. The van der Waals surface area contributed by atoms with E-state index >= 15 is 0 Å². The molecule has 1 aromatic carbocycles. The van der Waals surface area contributed by atoms with Crippen LogP contribution in [0.25, 0.3) is 0 Å². The Kier molecular flexibility index (Phi) is 8.75. The van der Waals surface area contributed by atoms with E-state index in [0.717, 1.165) is 32.1 Å². The van der Waals surface area contributed by atoms with Crippen LogP contribution in [0.5, 0.6) is 5.75 Å². The van der Waals surface area contributed by atoms with Crippen LogP contribution in [0.15, 0.2) is 23.1 Å². The van der Waals surface area contributed by atoms with Crippen molar-refractivity contribution >= 4 is 33.0 Å². The van der Waals surface area contributed by atoms with E-state index < -0.39 is 10.0 Å². The highest BCUT2D eigenvalue weighted by molar-refractivity contribution is 7.89. The Labute approximate surface area is 167 Å². The van der Waals surface area contributed by atoms with Crippen LogP contribution in [0.4, 0.5) is 5.69 Å². The Hall–Kier alpha value is -1.42. The maximum atomic E-state index is 13.0. The quantitative estimate of drug-likeness (QED) is 0.499. The fourth-order valence-corrected chi connectivity index (χ4v) is 4.72. The minimum Gasteiger partial charge on any atom is -0.495 e. The van der Waals surface area contributed by atoms with Gasteiger partial charge in [0.15, 0.2) is 5.11 Å². The predicted octanol–water partition coefficient (Wildman–Crippen LogP) is 2.58. The molecule has 1 aromatic rings. The van der Waals surface area contributed by atoms with Crippen molar-refractivity contribution in [2.24, 2.45) is 0 Å². The highest BCUT2D eigenvalue weighted by atomic mass is 32.2. The van der Waals surface area contributed by atoms with Gasteiger partial charge in [-0.05, 0) is 49.7 Å². The summed E-state index contributed by atoms with van der Waals surface area (Å²) in [4.78, 5) is 0.245. The van der Waals surface area contributed by atoms with Crippen LogP contribution in [0, 0.1) is 0 Å². The zero-order valence-electron chi connectivity index (χ0n) is 16.0. The van der Waals surface area contributed by atoms with E-state index in [-0.39, 0.29) is 4.90 Å². The molecule has 0 saturated carbocycles. The number of nitrogens with zero attached hydrogens (tertiary/aromatic N) is 1. The molecule has 0 unspecified atom stereocenters. The van der Waals surface area contributed by atoms with Crippen LogP contribution < -0.4 is 15.4 Å². The summed E-state index contributed by atoms with van der Waals surface area (Å²) in [7, 11) is -0.345. The molecule has 0 radical (unpaired) electrons. The Morgan fingerprint density at radius 2 is 1.89 bits per heavy atom. The summed E-state index contributed by atoms with van der Waals surface area (Å²) < 4.78 is 38.0. The molecule has 0 atom stereocenters. The smallest absolute Gasteiger partial charge is 0.243 e. The van der Waals surface area contributed by atoms with Gasteiger partial charge in [0.05, 0.1) is 17.7 Å². The maximum absolute atomic E-state index is 13.0. The minimum absolute atomic E-state index is 0.245. The topological polar surface area (TPSA) is 79.9 Å². The van der Waals surface area contributed by atoms with Gasteiger partial charge in [0.1, 0.15) is 5.75 Å².